The lowest BCUT2D eigenvalue weighted by molar-refractivity contribution is -0.384. The van der Waals surface area contributed by atoms with E-state index in [-0.39, 0.29) is 24.0 Å². The molecule has 3 aliphatic heterocycles. The number of Topliss-reactive ketones (excluding diaryl/α,β-unsaturated/α-hetero) is 1. The highest BCUT2D eigenvalue weighted by Crippen LogP contribution is 2.64. The molecule has 1 amide bonds. The van der Waals surface area contributed by atoms with Gasteiger partial charge in [0, 0.05) is 35.8 Å². The Bertz CT molecular complexity index is 1390. The number of ketones is 1. The molecule has 3 aromatic rings. The van der Waals surface area contributed by atoms with Gasteiger partial charge < -0.3 is 10.1 Å². The molecule has 0 aliphatic carbocycles. The Hall–Kier alpha value is -4.04. The molecule has 8 nitrogen and oxygen atoms in total. The van der Waals surface area contributed by atoms with Gasteiger partial charge in [-0.1, -0.05) is 42.5 Å². The Morgan fingerprint density at radius 1 is 1.06 bits per heavy atom. The third kappa shape index (κ3) is 2.35. The number of nitro groups is 1. The summed E-state index contributed by atoms with van der Waals surface area (Å²) >= 11 is 0. The summed E-state index contributed by atoms with van der Waals surface area (Å²) in [5, 5.41) is 14.5. The number of likely N-dealkylation sites (tertiary alicyclic amines) is 1. The number of non-ortho nitro benzene ring substituents is 1. The molecule has 170 valence electrons. The highest BCUT2D eigenvalue weighted by atomic mass is 16.6. The normalized spacial score (nSPS) is 27.4. The van der Waals surface area contributed by atoms with Crippen molar-refractivity contribution in [3.05, 3.63) is 99.6 Å². The smallest absolute Gasteiger partial charge is 0.269 e. The monoisotopic (exact) mass is 455 g/mol. The SMILES string of the molecule is CN1C[C@H](c2cccc([N+](=O)[O-])c2)[C@@]2(COc3ccccc3C2=O)[C@]12C(=O)Nc1ccccc12. The van der Waals surface area contributed by atoms with Crippen LogP contribution >= 0.6 is 0 Å². The lowest BCUT2D eigenvalue weighted by atomic mass is 9.57. The molecule has 0 saturated carbocycles. The molecule has 1 saturated heterocycles. The van der Waals surface area contributed by atoms with Crippen molar-refractivity contribution in [1.82, 2.24) is 4.90 Å². The lowest BCUT2D eigenvalue weighted by Crippen LogP contribution is -2.62. The summed E-state index contributed by atoms with van der Waals surface area (Å²) in [7, 11) is 1.83. The first-order chi connectivity index (χ1) is 16.4. The van der Waals surface area contributed by atoms with E-state index in [2.05, 4.69) is 5.32 Å². The van der Waals surface area contributed by atoms with Gasteiger partial charge >= 0.3 is 0 Å². The first kappa shape index (κ1) is 20.6. The number of likely N-dealkylation sites (N-methyl/N-ethyl adjacent to an activating group) is 1. The van der Waals surface area contributed by atoms with Gasteiger partial charge in [0.15, 0.2) is 5.78 Å². The fraction of sp³-hybridized carbons (Fsp3) is 0.231. The van der Waals surface area contributed by atoms with Gasteiger partial charge in [-0.2, -0.15) is 0 Å². The predicted molar refractivity (Wildman–Crippen MR) is 124 cm³/mol. The summed E-state index contributed by atoms with van der Waals surface area (Å²) in [6.07, 6.45) is 0. The van der Waals surface area contributed by atoms with Gasteiger partial charge in [0.2, 0.25) is 0 Å². The van der Waals surface area contributed by atoms with E-state index in [1.807, 2.05) is 36.2 Å². The molecular weight excluding hydrogens is 434 g/mol. The lowest BCUT2D eigenvalue weighted by Gasteiger charge is -2.47. The maximum Gasteiger partial charge on any atom is 0.269 e. The number of fused-ring (bicyclic) bond motifs is 4. The van der Waals surface area contributed by atoms with E-state index < -0.39 is 21.8 Å². The van der Waals surface area contributed by atoms with E-state index in [4.69, 9.17) is 4.74 Å². The van der Waals surface area contributed by atoms with E-state index >= 15 is 0 Å². The molecular formula is C26H21N3O5. The molecule has 0 radical (unpaired) electrons. The topological polar surface area (TPSA) is 102 Å². The number of amides is 1. The predicted octanol–water partition coefficient (Wildman–Crippen LogP) is 3.73. The number of nitro benzene ring substituents is 1. The molecule has 3 aromatic carbocycles. The van der Waals surface area contributed by atoms with Crippen LogP contribution in [0.4, 0.5) is 11.4 Å². The third-order valence-electron chi connectivity index (χ3n) is 7.64. The van der Waals surface area contributed by atoms with Crippen molar-refractivity contribution in [3.63, 3.8) is 0 Å². The van der Waals surface area contributed by atoms with Crippen molar-refractivity contribution in [2.45, 2.75) is 11.5 Å². The number of hydrogen-bond donors (Lipinski definition) is 1. The van der Waals surface area contributed by atoms with Crippen molar-refractivity contribution in [2.75, 3.05) is 25.5 Å². The molecule has 0 aromatic heterocycles. The molecule has 8 heteroatoms. The first-order valence-electron chi connectivity index (χ1n) is 11.0. The number of carbonyl (C=O) groups is 2. The number of carbonyl (C=O) groups excluding carboxylic acids is 2. The average molecular weight is 455 g/mol. The van der Waals surface area contributed by atoms with Crippen molar-refractivity contribution >= 4 is 23.1 Å². The van der Waals surface area contributed by atoms with E-state index in [0.29, 0.717) is 34.7 Å². The van der Waals surface area contributed by atoms with E-state index in [1.54, 1.807) is 36.4 Å². The summed E-state index contributed by atoms with van der Waals surface area (Å²) < 4.78 is 6.20. The molecule has 6 rings (SSSR count). The third-order valence-corrected chi connectivity index (χ3v) is 7.64. The Morgan fingerprint density at radius 2 is 1.82 bits per heavy atom. The molecule has 1 fully saturated rings. The quantitative estimate of drug-likeness (QED) is 0.467. The van der Waals surface area contributed by atoms with E-state index in [9.17, 15) is 19.7 Å². The molecule has 3 atom stereocenters. The standard InChI is InChI=1S/C26H21N3O5/c1-28-14-20(16-7-6-8-17(13-16)29(32)33)25(15-34-22-12-5-2-9-18(22)23(25)30)26(28)19-10-3-4-11-21(19)27-24(26)31/h2-13,20H,14-15H2,1H3,(H,27,31)/t20-,25-,26+/m1/s1. The van der Waals surface area contributed by atoms with Crippen LogP contribution in [0.5, 0.6) is 5.75 Å². The Labute approximate surface area is 195 Å². The fourth-order valence-electron chi connectivity index (χ4n) is 6.27. The average Bonchev–Trinajstić information content (AvgIpc) is 3.30. The molecule has 3 aliphatic rings. The van der Waals surface area contributed by atoms with Gasteiger partial charge in [0.05, 0.1) is 10.5 Å². The van der Waals surface area contributed by atoms with Crippen molar-refractivity contribution in [3.8, 4) is 5.75 Å². The van der Waals surface area contributed by atoms with Crippen LogP contribution in [0.15, 0.2) is 72.8 Å². The Balaban J connectivity index is 1.66. The van der Waals surface area contributed by atoms with Crippen molar-refractivity contribution < 1.29 is 19.2 Å². The fourth-order valence-corrected chi connectivity index (χ4v) is 6.27. The van der Waals surface area contributed by atoms with Crippen LogP contribution in [0.3, 0.4) is 0 Å². The molecule has 0 unspecified atom stereocenters. The molecule has 34 heavy (non-hydrogen) atoms. The van der Waals surface area contributed by atoms with Gasteiger partial charge in [0.25, 0.3) is 11.6 Å². The second kappa shape index (κ2) is 6.98. The number of nitrogens with zero attached hydrogens (tertiary/aromatic N) is 2. The number of nitrogens with one attached hydrogen (secondary N) is 1. The number of anilines is 1. The molecule has 1 N–H and O–H groups in total. The van der Waals surface area contributed by atoms with Gasteiger partial charge in [-0.05, 0) is 30.8 Å². The van der Waals surface area contributed by atoms with Crippen LogP contribution in [0.25, 0.3) is 0 Å². The minimum Gasteiger partial charge on any atom is -0.492 e. The van der Waals surface area contributed by atoms with Crippen LogP contribution in [-0.2, 0) is 10.3 Å². The summed E-state index contributed by atoms with van der Waals surface area (Å²) in [5.74, 6) is -0.523. The highest BCUT2D eigenvalue weighted by molar-refractivity contribution is 6.15. The maximum absolute atomic E-state index is 14.5. The zero-order valence-corrected chi connectivity index (χ0v) is 18.4. The summed E-state index contributed by atoms with van der Waals surface area (Å²) in [5.41, 5.74) is -0.303. The minimum atomic E-state index is -1.33. The summed E-state index contributed by atoms with van der Waals surface area (Å²) in [4.78, 5) is 41.4. The second-order valence-electron chi connectivity index (χ2n) is 9.08. The molecule has 0 bridgehead atoms. The number of rotatable bonds is 2. The van der Waals surface area contributed by atoms with Crippen molar-refractivity contribution in [2.24, 2.45) is 5.41 Å². The van der Waals surface area contributed by atoms with Gasteiger partial charge in [-0.3, -0.25) is 24.6 Å². The van der Waals surface area contributed by atoms with Crippen LogP contribution < -0.4 is 10.1 Å². The Kier molecular flexibility index (Phi) is 4.22. The van der Waals surface area contributed by atoms with Gasteiger partial charge in [-0.25, -0.2) is 0 Å². The maximum atomic E-state index is 14.5. The minimum absolute atomic E-state index is 0.0255. The summed E-state index contributed by atoms with van der Waals surface area (Å²) in [6.45, 7) is 0.322. The van der Waals surface area contributed by atoms with Crippen molar-refractivity contribution in [1.29, 1.82) is 0 Å². The highest BCUT2D eigenvalue weighted by Gasteiger charge is 2.75. The van der Waals surface area contributed by atoms with E-state index in [1.165, 1.54) is 12.1 Å². The number of ether oxygens (including phenoxy) is 1. The van der Waals surface area contributed by atoms with Gasteiger partial charge in [0.1, 0.15) is 23.3 Å². The zero-order valence-electron chi connectivity index (χ0n) is 18.4. The first-order valence-corrected chi connectivity index (χ1v) is 11.0. The van der Waals surface area contributed by atoms with Crippen LogP contribution in [0.1, 0.15) is 27.4 Å². The van der Waals surface area contributed by atoms with Crippen LogP contribution in [0.2, 0.25) is 0 Å². The van der Waals surface area contributed by atoms with Crippen LogP contribution in [-0.4, -0.2) is 41.7 Å². The number of hydrogen-bond acceptors (Lipinski definition) is 6. The second-order valence-corrected chi connectivity index (χ2v) is 9.08. The molecule has 3 heterocycles. The van der Waals surface area contributed by atoms with Crippen LogP contribution in [0, 0.1) is 15.5 Å². The number of benzene rings is 3. The largest absolute Gasteiger partial charge is 0.492 e. The molecule has 2 spiro atoms. The van der Waals surface area contributed by atoms with E-state index in [0.717, 1.165) is 0 Å². The Morgan fingerprint density at radius 3 is 2.65 bits per heavy atom. The summed E-state index contributed by atoms with van der Waals surface area (Å²) in [6, 6.07) is 20.8. The van der Waals surface area contributed by atoms with Gasteiger partial charge in [-0.15, -0.1) is 0 Å². The zero-order chi connectivity index (χ0) is 23.7. The number of para-hydroxylation sites is 2.